The van der Waals surface area contributed by atoms with Crippen LogP contribution in [0.1, 0.15) is 58.4 Å². The van der Waals surface area contributed by atoms with Gasteiger partial charge in [0.25, 0.3) is 0 Å². The molecule has 2 aliphatic rings. The van der Waals surface area contributed by atoms with Crippen molar-refractivity contribution in [2.75, 3.05) is 19.7 Å². The maximum Gasteiger partial charge on any atom is 0.410 e. The molecule has 1 aromatic carbocycles. The van der Waals surface area contributed by atoms with Crippen LogP contribution in [0, 0.1) is 5.92 Å². The van der Waals surface area contributed by atoms with Crippen molar-refractivity contribution in [2.45, 2.75) is 71.0 Å². The van der Waals surface area contributed by atoms with Gasteiger partial charge in [0, 0.05) is 13.1 Å². The molecule has 3 rings (SSSR count). The summed E-state index contributed by atoms with van der Waals surface area (Å²) in [5.41, 5.74) is 0.610. The molecule has 0 bridgehead atoms. The lowest BCUT2D eigenvalue weighted by Crippen LogP contribution is -2.41. The summed E-state index contributed by atoms with van der Waals surface area (Å²) in [7, 11) is 0. The van der Waals surface area contributed by atoms with Gasteiger partial charge in [-0.05, 0) is 82.6 Å². The van der Waals surface area contributed by atoms with Crippen LogP contribution < -0.4 is 9.47 Å². The Morgan fingerprint density at radius 3 is 2.60 bits per heavy atom. The molecular weight excluding hydrogens is 386 g/mol. The van der Waals surface area contributed by atoms with Crippen molar-refractivity contribution in [3.05, 3.63) is 23.8 Å². The van der Waals surface area contributed by atoms with Crippen molar-refractivity contribution in [3.8, 4) is 11.5 Å². The van der Waals surface area contributed by atoms with Gasteiger partial charge < -0.3 is 24.2 Å². The van der Waals surface area contributed by atoms with Gasteiger partial charge in [-0.25, -0.2) is 4.79 Å². The number of carbonyl (C=O) groups excluding carboxylic acids is 1. The molecule has 1 amide bonds. The van der Waals surface area contributed by atoms with Gasteiger partial charge in [0.2, 0.25) is 0 Å². The molecule has 0 saturated carbocycles. The molecule has 1 aromatic rings. The third kappa shape index (κ3) is 6.54. The van der Waals surface area contributed by atoms with Crippen LogP contribution in [0.25, 0.3) is 0 Å². The van der Waals surface area contributed by atoms with Crippen LogP contribution in [0.5, 0.6) is 11.5 Å². The summed E-state index contributed by atoms with van der Waals surface area (Å²) >= 11 is 0. The van der Waals surface area contributed by atoms with E-state index in [9.17, 15) is 9.59 Å². The second kappa shape index (κ2) is 9.58. The molecule has 166 valence electrons. The highest BCUT2D eigenvalue weighted by molar-refractivity contribution is 5.68. The largest absolute Gasteiger partial charge is 0.494 e. The third-order valence-electron chi connectivity index (χ3n) is 5.52. The molecule has 1 saturated heterocycles. The van der Waals surface area contributed by atoms with Crippen LogP contribution in [0.15, 0.2) is 18.2 Å². The van der Waals surface area contributed by atoms with Crippen LogP contribution >= 0.6 is 0 Å². The Labute approximate surface area is 178 Å². The van der Waals surface area contributed by atoms with Crippen molar-refractivity contribution in [2.24, 2.45) is 5.92 Å². The minimum Gasteiger partial charge on any atom is -0.494 e. The predicted octanol–water partition coefficient (Wildman–Crippen LogP) is 4.27. The lowest BCUT2D eigenvalue weighted by molar-refractivity contribution is -0.139. The first-order valence-corrected chi connectivity index (χ1v) is 10.8. The summed E-state index contributed by atoms with van der Waals surface area (Å²) in [5.74, 6) is 1.29. The number of hydrogen-bond donors (Lipinski definition) is 1. The van der Waals surface area contributed by atoms with E-state index in [0.29, 0.717) is 18.9 Å². The van der Waals surface area contributed by atoms with E-state index in [1.165, 1.54) is 0 Å². The number of likely N-dealkylation sites (tertiary alicyclic amines) is 1. The first-order valence-electron chi connectivity index (χ1n) is 10.8. The maximum atomic E-state index is 12.1. The smallest absolute Gasteiger partial charge is 0.410 e. The van der Waals surface area contributed by atoms with E-state index < -0.39 is 11.6 Å². The molecule has 2 aliphatic heterocycles. The normalized spacial score (nSPS) is 19.6. The fraction of sp³-hybridized carbons (Fsp3) is 0.652. The molecule has 1 atom stereocenters. The Morgan fingerprint density at radius 2 is 1.93 bits per heavy atom. The van der Waals surface area contributed by atoms with Crippen LogP contribution in [-0.2, 0) is 16.0 Å². The number of hydrogen-bond acceptors (Lipinski definition) is 5. The first-order chi connectivity index (χ1) is 14.2. The zero-order valence-electron chi connectivity index (χ0n) is 18.2. The SMILES string of the molecule is CC(C)(C)OC(=O)N1CCC(CCOc2ccc3c(c2)CCC(CC(=O)O)O3)CC1. The summed E-state index contributed by atoms with van der Waals surface area (Å²) < 4.78 is 17.2. The minimum atomic E-state index is -0.833. The van der Waals surface area contributed by atoms with Crippen molar-refractivity contribution in [3.63, 3.8) is 0 Å². The Kier molecular flexibility index (Phi) is 7.10. The molecule has 1 N–H and O–H groups in total. The molecule has 1 unspecified atom stereocenters. The zero-order valence-corrected chi connectivity index (χ0v) is 18.2. The average molecular weight is 420 g/mol. The van der Waals surface area contributed by atoms with E-state index in [1.54, 1.807) is 4.90 Å². The fourth-order valence-electron chi connectivity index (χ4n) is 3.92. The monoisotopic (exact) mass is 419 g/mol. The lowest BCUT2D eigenvalue weighted by Gasteiger charge is -2.33. The highest BCUT2D eigenvalue weighted by atomic mass is 16.6. The van der Waals surface area contributed by atoms with Crippen LogP contribution in [0.2, 0.25) is 0 Å². The average Bonchev–Trinajstić information content (AvgIpc) is 2.67. The maximum absolute atomic E-state index is 12.1. The number of aliphatic carboxylic acids is 1. The number of ether oxygens (including phenoxy) is 3. The number of rotatable bonds is 6. The van der Waals surface area contributed by atoms with Gasteiger partial charge in [-0.15, -0.1) is 0 Å². The summed E-state index contributed by atoms with van der Waals surface area (Å²) in [4.78, 5) is 24.8. The molecule has 0 aromatic heterocycles. The molecule has 1 fully saturated rings. The van der Waals surface area contributed by atoms with Gasteiger partial charge in [0.15, 0.2) is 0 Å². The van der Waals surface area contributed by atoms with E-state index in [4.69, 9.17) is 19.3 Å². The second-order valence-electron chi connectivity index (χ2n) is 9.19. The van der Waals surface area contributed by atoms with Crippen molar-refractivity contribution in [1.29, 1.82) is 0 Å². The van der Waals surface area contributed by atoms with Crippen molar-refractivity contribution < 1.29 is 28.9 Å². The highest BCUT2D eigenvalue weighted by Gasteiger charge is 2.27. The summed E-state index contributed by atoms with van der Waals surface area (Å²) in [6.45, 7) is 7.75. The Balaban J connectivity index is 1.39. The third-order valence-corrected chi connectivity index (χ3v) is 5.52. The lowest BCUT2D eigenvalue weighted by atomic mass is 9.94. The molecule has 0 aliphatic carbocycles. The van der Waals surface area contributed by atoms with Gasteiger partial charge in [-0.2, -0.15) is 0 Å². The number of carbonyl (C=O) groups is 2. The minimum absolute atomic E-state index is 0.0322. The summed E-state index contributed by atoms with van der Waals surface area (Å²) in [5, 5.41) is 8.92. The van der Waals surface area contributed by atoms with Gasteiger partial charge >= 0.3 is 12.1 Å². The second-order valence-corrected chi connectivity index (χ2v) is 9.19. The molecule has 7 heteroatoms. The fourth-order valence-corrected chi connectivity index (χ4v) is 3.92. The van der Waals surface area contributed by atoms with E-state index >= 15 is 0 Å². The highest BCUT2D eigenvalue weighted by Crippen LogP contribution is 2.32. The quantitative estimate of drug-likeness (QED) is 0.741. The molecule has 0 spiro atoms. The van der Waals surface area contributed by atoms with E-state index in [1.807, 2.05) is 39.0 Å². The van der Waals surface area contributed by atoms with Gasteiger partial charge in [0.1, 0.15) is 23.2 Å². The number of fused-ring (bicyclic) bond motifs is 1. The predicted molar refractivity (Wildman–Crippen MR) is 112 cm³/mol. The zero-order chi connectivity index (χ0) is 21.7. The number of nitrogens with zero attached hydrogens (tertiary/aromatic N) is 1. The molecule has 30 heavy (non-hydrogen) atoms. The molecule has 2 heterocycles. The molecule has 0 radical (unpaired) electrons. The number of amides is 1. The van der Waals surface area contributed by atoms with Gasteiger partial charge in [-0.3, -0.25) is 4.79 Å². The van der Waals surface area contributed by atoms with Crippen LogP contribution in [0.3, 0.4) is 0 Å². The summed E-state index contributed by atoms with van der Waals surface area (Å²) in [6, 6.07) is 5.75. The van der Waals surface area contributed by atoms with Crippen LogP contribution in [-0.4, -0.2) is 53.5 Å². The van der Waals surface area contributed by atoms with Crippen LogP contribution in [0.4, 0.5) is 4.79 Å². The Hall–Kier alpha value is -2.44. The van der Waals surface area contributed by atoms with Crippen molar-refractivity contribution >= 4 is 12.1 Å². The van der Waals surface area contributed by atoms with Gasteiger partial charge in [-0.1, -0.05) is 0 Å². The topological polar surface area (TPSA) is 85.3 Å². The number of carboxylic acid groups (broad SMARTS) is 1. The first kappa shape index (κ1) is 22.2. The number of piperidine rings is 1. The van der Waals surface area contributed by atoms with E-state index in [-0.39, 0.29) is 18.6 Å². The number of aryl methyl sites for hydroxylation is 1. The summed E-state index contributed by atoms with van der Waals surface area (Å²) in [6.07, 6.45) is 3.94. The van der Waals surface area contributed by atoms with E-state index in [2.05, 4.69) is 0 Å². The molecular formula is C23H33NO6. The number of benzene rings is 1. The Bertz CT molecular complexity index is 749. The van der Waals surface area contributed by atoms with Gasteiger partial charge in [0.05, 0.1) is 13.0 Å². The standard InChI is InChI=1S/C23H33NO6/c1-23(2,3)30-22(27)24-11-8-16(9-12-24)10-13-28-18-6-7-20-17(14-18)4-5-19(29-20)15-21(25)26/h6-7,14,16,19H,4-5,8-13,15H2,1-3H3,(H,25,26). The van der Waals surface area contributed by atoms with Crippen molar-refractivity contribution in [1.82, 2.24) is 4.90 Å². The number of carboxylic acids is 1. The molecule has 7 nitrogen and oxygen atoms in total. The van der Waals surface area contributed by atoms with E-state index in [0.717, 1.165) is 55.8 Å². The Morgan fingerprint density at radius 1 is 1.20 bits per heavy atom.